The van der Waals surface area contributed by atoms with Crippen molar-refractivity contribution in [2.24, 2.45) is 0 Å². The molecule has 50 heavy (non-hydrogen) atoms. The second kappa shape index (κ2) is 11.4. The Hall–Kier alpha value is -7.39. The highest BCUT2D eigenvalue weighted by Crippen LogP contribution is 2.39. The molecule has 7 aromatic carbocycles. The van der Waals surface area contributed by atoms with Gasteiger partial charge in [-0.05, 0) is 90.0 Å². The molecule has 0 amide bonds. The lowest BCUT2D eigenvalue weighted by Crippen LogP contribution is -1.99. The monoisotopic (exact) mass is 635 g/mol. The highest BCUT2D eigenvalue weighted by Gasteiger charge is 2.19. The number of aromatic nitrogens is 2. The van der Waals surface area contributed by atoms with Gasteiger partial charge in [0, 0.05) is 38.4 Å². The largest absolute Gasteiger partial charge is 0.309 e. The minimum atomic E-state index is 0.538. The molecule has 0 N–H and O–H groups in total. The predicted molar refractivity (Wildman–Crippen MR) is 200 cm³/mol. The molecule has 0 bridgehead atoms. The summed E-state index contributed by atoms with van der Waals surface area (Å²) in [6, 6.07) is 57.7. The van der Waals surface area contributed by atoms with E-state index in [4.69, 9.17) is 0 Å². The molecule has 9 rings (SSSR count). The maximum Gasteiger partial charge on any atom is 0.0998 e. The number of nitrogens with zero attached hydrogens (tertiary/aromatic N) is 5. The lowest BCUT2D eigenvalue weighted by molar-refractivity contribution is 1.18. The number of fused-ring (bicyclic) bond motifs is 6. The lowest BCUT2D eigenvalue weighted by atomic mass is 9.93. The van der Waals surface area contributed by atoms with Crippen LogP contribution in [0.1, 0.15) is 16.7 Å². The van der Waals surface area contributed by atoms with Crippen LogP contribution < -0.4 is 0 Å². The summed E-state index contributed by atoms with van der Waals surface area (Å²) in [7, 11) is 0. The molecule has 0 spiro atoms. The van der Waals surface area contributed by atoms with E-state index in [0.29, 0.717) is 16.7 Å². The zero-order chi connectivity index (χ0) is 33.8. The minimum Gasteiger partial charge on any atom is -0.309 e. The van der Waals surface area contributed by atoms with E-state index in [-0.39, 0.29) is 0 Å². The van der Waals surface area contributed by atoms with Gasteiger partial charge in [0.05, 0.1) is 62.7 Å². The number of hydrogen-bond acceptors (Lipinski definition) is 3. The molecule has 0 aliphatic rings. The third-order valence-electron chi connectivity index (χ3n) is 9.61. The van der Waals surface area contributed by atoms with Gasteiger partial charge in [0.1, 0.15) is 0 Å². The van der Waals surface area contributed by atoms with Crippen LogP contribution in [0.25, 0.3) is 77.2 Å². The van der Waals surface area contributed by atoms with E-state index in [1.54, 1.807) is 0 Å². The standard InChI is InChI=1S/C45H25N5/c46-26-29-16-20-44(50-43-15-6-3-12-37(43)40-23-30(27-47)17-21-45(40)50)39(22-29)32-18-19-33(28-48)38(25-32)31-8-7-9-34(24-31)49-41-13-4-1-10-35(41)36-11-2-5-14-42(36)49/h1-25H. The van der Waals surface area contributed by atoms with Crippen LogP contribution in [0, 0.1) is 34.0 Å². The Kier molecular flexibility index (Phi) is 6.56. The molecule has 0 unspecified atom stereocenters. The second-order valence-corrected chi connectivity index (χ2v) is 12.3. The molecule has 5 nitrogen and oxygen atoms in total. The van der Waals surface area contributed by atoms with Crippen molar-refractivity contribution >= 4 is 43.6 Å². The van der Waals surface area contributed by atoms with E-state index < -0.39 is 0 Å². The van der Waals surface area contributed by atoms with E-state index in [9.17, 15) is 15.8 Å². The van der Waals surface area contributed by atoms with Crippen LogP contribution in [0.2, 0.25) is 0 Å². The molecule has 0 saturated heterocycles. The van der Waals surface area contributed by atoms with Gasteiger partial charge in [-0.1, -0.05) is 72.8 Å². The van der Waals surface area contributed by atoms with Gasteiger partial charge in [-0.15, -0.1) is 0 Å². The fraction of sp³-hybridized carbons (Fsp3) is 0. The molecule has 0 atom stereocenters. The van der Waals surface area contributed by atoms with Crippen LogP contribution >= 0.6 is 0 Å². The first kappa shape index (κ1) is 28.8. The maximum absolute atomic E-state index is 10.3. The fourth-order valence-electron chi connectivity index (χ4n) is 7.40. The lowest BCUT2D eigenvalue weighted by Gasteiger charge is -2.16. The minimum absolute atomic E-state index is 0.538. The van der Waals surface area contributed by atoms with Gasteiger partial charge in [-0.25, -0.2) is 0 Å². The molecule has 0 radical (unpaired) electrons. The number of benzene rings is 7. The zero-order valence-electron chi connectivity index (χ0n) is 26.7. The summed E-state index contributed by atoms with van der Waals surface area (Å²) in [6.45, 7) is 0. The Morgan fingerprint density at radius 3 is 1.64 bits per heavy atom. The Morgan fingerprint density at radius 2 is 0.960 bits per heavy atom. The normalized spacial score (nSPS) is 11.1. The average Bonchev–Trinajstić information content (AvgIpc) is 3.70. The number of nitriles is 3. The number of para-hydroxylation sites is 3. The van der Waals surface area contributed by atoms with Crippen molar-refractivity contribution in [2.75, 3.05) is 0 Å². The molecular formula is C45H25N5. The van der Waals surface area contributed by atoms with Crippen molar-refractivity contribution in [2.45, 2.75) is 0 Å². The van der Waals surface area contributed by atoms with Gasteiger partial charge in [0.25, 0.3) is 0 Å². The second-order valence-electron chi connectivity index (χ2n) is 12.3. The zero-order valence-corrected chi connectivity index (χ0v) is 26.7. The molecular weight excluding hydrogens is 611 g/mol. The SMILES string of the molecule is N#Cc1ccc(-n2c3ccccc3c3cc(C#N)ccc32)c(-c2ccc(C#N)c(-c3cccc(-n4c5ccccc5c5ccccc54)c3)c2)c1. The van der Waals surface area contributed by atoms with Gasteiger partial charge in [0.2, 0.25) is 0 Å². The molecule has 230 valence electrons. The van der Waals surface area contributed by atoms with Crippen LogP contribution in [-0.2, 0) is 0 Å². The van der Waals surface area contributed by atoms with Crippen molar-refractivity contribution in [3.8, 4) is 51.8 Å². The first-order valence-electron chi connectivity index (χ1n) is 16.3. The van der Waals surface area contributed by atoms with E-state index in [2.05, 4.69) is 106 Å². The molecule has 2 aromatic heterocycles. The summed E-state index contributed by atoms with van der Waals surface area (Å²) >= 11 is 0. The number of rotatable bonds is 4. The van der Waals surface area contributed by atoms with Crippen molar-refractivity contribution in [1.29, 1.82) is 15.8 Å². The van der Waals surface area contributed by atoms with E-state index in [1.165, 1.54) is 10.8 Å². The Bertz CT molecular complexity index is 2920. The summed E-state index contributed by atoms with van der Waals surface area (Å²) in [5.74, 6) is 0. The van der Waals surface area contributed by atoms with Gasteiger partial charge in [0.15, 0.2) is 0 Å². The van der Waals surface area contributed by atoms with E-state index >= 15 is 0 Å². The molecule has 0 aliphatic carbocycles. The molecule has 9 aromatic rings. The Morgan fingerprint density at radius 1 is 0.380 bits per heavy atom. The van der Waals surface area contributed by atoms with Crippen LogP contribution in [0.15, 0.2) is 152 Å². The molecule has 2 heterocycles. The first-order valence-corrected chi connectivity index (χ1v) is 16.3. The van der Waals surface area contributed by atoms with Crippen molar-refractivity contribution in [1.82, 2.24) is 9.13 Å². The van der Waals surface area contributed by atoms with Crippen LogP contribution in [0.3, 0.4) is 0 Å². The highest BCUT2D eigenvalue weighted by atomic mass is 15.0. The molecule has 5 heteroatoms. The highest BCUT2D eigenvalue weighted by molar-refractivity contribution is 6.11. The molecule has 0 fully saturated rings. The predicted octanol–water partition coefficient (Wildman–Crippen LogP) is 10.8. The average molecular weight is 636 g/mol. The third kappa shape index (κ3) is 4.38. The Balaban J connectivity index is 1.26. The van der Waals surface area contributed by atoms with Crippen molar-refractivity contribution in [3.05, 3.63) is 168 Å². The first-order chi connectivity index (χ1) is 24.7. The van der Waals surface area contributed by atoms with Gasteiger partial charge in [-0.3, -0.25) is 0 Å². The van der Waals surface area contributed by atoms with Crippen molar-refractivity contribution < 1.29 is 0 Å². The van der Waals surface area contributed by atoms with Crippen LogP contribution in [0.5, 0.6) is 0 Å². The fourth-order valence-corrected chi connectivity index (χ4v) is 7.40. The Labute approximate surface area is 287 Å². The van der Waals surface area contributed by atoms with Crippen molar-refractivity contribution in [3.63, 3.8) is 0 Å². The maximum atomic E-state index is 10.3. The summed E-state index contributed by atoms with van der Waals surface area (Å²) in [6.07, 6.45) is 0. The summed E-state index contributed by atoms with van der Waals surface area (Å²) in [4.78, 5) is 0. The summed E-state index contributed by atoms with van der Waals surface area (Å²) < 4.78 is 4.47. The van der Waals surface area contributed by atoms with E-state index in [0.717, 1.165) is 66.5 Å². The van der Waals surface area contributed by atoms with E-state index in [1.807, 2.05) is 72.8 Å². The summed E-state index contributed by atoms with van der Waals surface area (Å²) in [5.41, 5.74) is 11.3. The molecule has 0 saturated carbocycles. The molecule has 0 aliphatic heterocycles. The van der Waals surface area contributed by atoms with Crippen LogP contribution in [0.4, 0.5) is 0 Å². The van der Waals surface area contributed by atoms with Gasteiger partial charge in [-0.2, -0.15) is 15.8 Å². The topological polar surface area (TPSA) is 81.2 Å². The van der Waals surface area contributed by atoms with Gasteiger partial charge < -0.3 is 9.13 Å². The van der Waals surface area contributed by atoms with Crippen LogP contribution in [-0.4, -0.2) is 9.13 Å². The van der Waals surface area contributed by atoms with Gasteiger partial charge >= 0.3 is 0 Å². The smallest absolute Gasteiger partial charge is 0.0998 e. The number of hydrogen-bond donors (Lipinski definition) is 0. The third-order valence-corrected chi connectivity index (χ3v) is 9.61. The summed E-state index contributed by atoms with van der Waals surface area (Å²) in [5, 5.41) is 34.4. The quantitative estimate of drug-likeness (QED) is 0.193.